The minimum atomic E-state index is -0.238. The van der Waals surface area contributed by atoms with Gasteiger partial charge in [0.2, 0.25) is 11.7 Å². The molecule has 0 amide bonds. The van der Waals surface area contributed by atoms with E-state index in [1.165, 1.54) is 18.9 Å². The molecule has 2 fully saturated rings. The van der Waals surface area contributed by atoms with Gasteiger partial charge in [-0.15, -0.1) is 0 Å². The minimum Gasteiger partial charge on any atom is -0.338 e. The molecule has 2 aliphatic rings. The minimum absolute atomic E-state index is 0.00546. The Morgan fingerprint density at radius 3 is 3.19 bits per heavy atom. The van der Waals surface area contributed by atoms with Gasteiger partial charge in [-0.3, -0.25) is 0 Å². The molecule has 1 saturated heterocycles. The van der Waals surface area contributed by atoms with Gasteiger partial charge >= 0.3 is 0 Å². The van der Waals surface area contributed by atoms with E-state index in [0.717, 1.165) is 19.5 Å². The van der Waals surface area contributed by atoms with Crippen LogP contribution in [0.15, 0.2) is 22.7 Å². The molecule has 1 aliphatic carbocycles. The molecule has 4 rings (SSSR count). The molecule has 1 aromatic carbocycles. The molecule has 110 valence electrons. The highest BCUT2D eigenvalue weighted by atomic mass is 19.1. The van der Waals surface area contributed by atoms with Crippen LogP contribution in [0.25, 0.3) is 11.4 Å². The lowest BCUT2D eigenvalue weighted by atomic mass is 9.80. The van der Waals surface area contributed by atoms with Crippen LogP contribution in [0.3, 0.4) is 0 Å². The van der Waals surface area contributed by atoms with Crippen molar-refractivity contribution in [1.29, 1.82) is 0 Å². The summed E-state index contributed by atoms with van der Waals surface area (Å²) in [4.78, 5) is 4.58. The number of aryl methyl sites for hydroxylation is 1. The average molecular weight is 287 g/mol. The van der Waals surface area contributed by atoms with Gasteiger partial charge in [0, 0.05) is 12.1 Å². The van der Waals surface area contributed by atoms with E-state index in [-0.39, 0.29) is 11.2 Å². The first-order valence-corrected chi connectivity index (χ1v) is 7.50. The number of nitrogens with zero attached hydrogens (tertiary/aromatic N) is 2. The average Bonchev–Trinajstić information content (AvgIpc) is 3.14. The summed E-state index contributed by atoms with van der Waals surface area (Å²) < 4.78 is 19.2. The van der Waals surface area contributed by atoms with Crippen LogP contribution in [-0.4, -0.2) is 23.2 Å². The Morgan fingerprint density at radius 2 is 2.33 bits per heavy atom. The van der Waals surface area contributed by atoms with E-state index in [2.05, 4.69) is 15.5 Å². The molecule has 1 aromatic heterocycles. The van der Waals surface area contributed by atoms with Gasteiger partial charge in [-0.25, -0.2) is 4.39 Å². The first-order chi connectivity index (χ1) is 10.2. The Bertz CT molecular complexity index is 672. The number of aromatic nitrogens is 2. The summed E-state index contributed by atoms with van der Waals surface area (Å²) in [5.74, 6) is 1.54. The second-order valence-corrected chi connectivity index (χ2v) is 6.26. The molecule has 0 spiro atoms. The number of hydrogen-bond donors (Lipinski definition) is 1. The summed E-state index contributed by atoms with van der Waals surface area (Å²) in [6, 6.07) is 5.05. The highest BCUT2D eigenvalue weighted by molar-refractivity contribution is 5.55. The molecule has 4 nitrogen and oxygen atoms in total. The van der Waals surface area contributed by atoms with Gasteiger partial charge in [-0.2, -0.15) is 4.98 Å². The van der Waals surface area contributed by atoms with E-state index < -0.39 is 0 Å². The summed E-state index contributed by atoms with van der Waals surface area (Å²) in [7, 11) is 0. The van der Waals surface area contributed by atoms with Crippen LogP contribution < -0.4 is 5.32 Å². The van der Waals surface area contributed by atoms with Crippen LogP contribution in [0, 0.1) is 18.7 Å². The van der Waals surface area contributed by atoms with Gasteiger partial charge in [0.15, 0.2) is 0 Å². The largest absolute Gasteiger partial charge is 0.338 e. The van der Waals surface area contributed by atoms with Gasteiger partial charge in [0.25, 0.3) is 0 Å². The van der Waals surface area contributed by atoms with Crippen LogP contribution in [0.2, 0.25) is 0 Å². The van der Waals surface area contributed by atoms with Gasteiger partial charge in [0.1, 0.15) is 5.82 Å². The number of fused-ring (bicyclic) bond motifs is 1. The van der Waals surface area contributed by atoms with Crippen molar-refractivity contribution in [3.8, 4) is 11.4 Å². The fraction of sp³-hybridized carbons (Fsp3) is 0.500. The highest BCUT2D eigenvalue weighted by Gasteiger charge is 2.51. The van der Waals surface area contributed by atoms with Crippen LogP contribution in [-0.2, 0) is 5.41 Å². The van der Waals surface area contributed by atoms with E-state index in [0.29, 0.717) is 28.8 Å². The van der Waals surface area contributed by atoms with Crippen molar-refractivity contribution in [3.63, 3.8) is 0 Å². The molecular weight excluding hydrogens is 269 g/mol. The quantitative estimate of drug-likeness (QED) is 0.922. The van der Waals surface area contributed by atoms with Crippen molar-refractivity contribution in [2.45, 2.75) is 31.6 Å². The zero-order valence-corrected chi connectivity index (χ0v) is 12.0. The third-order valence-electron chi connectivity index (χ3n) is 5.07. The van der Waals surface area contributed by atoms with Crippen LogP contribution in [0.4, 0.5) is 4.39 Å². The fourth-order valence-corrected chi connectivity index (χ4v) is 3.78. The first-order valence-electron chi connectivity index (χ1n) is 7.50. The monoisotopic (exact) mass is 287 g/mol. The Hall–Kier alpha value is -1.75. The molecular formula is C16H18FN3O. The molecule has 0 bridgehead atoms. The lowest BCUT2D eigenvalue weighted by Gasteiger charge is -2.22. The van der Waals surface area contributed by atoms with Crippen LogP contribution >= 0.6 is 0 Å². The summed E-state index contributed by atoms with van der Waals surface area (Å²) >= 11 is 0. The second kappa shape index (κ2) is 4.63. The lowest BCUT2D eigenvalue weighted by molar-refractivity contribution is 0.265. The molecule has 1 saturated carbocycles. The summed E-state index contributed by atoms with van der Waals surface area (Å²) in [5, 5.41) is 7.52. The molecule has 1 N–H and O–H groups in total. The summed E-state index contributed by atoms with van der Waals surface area (Å²) in [6.45, 7) is 3.67. The first kappa shape index (κ1) is 13.0. The molecule has 5 heteroatoms. The molecule has 2 aromatic rings. The van der Waals surface area contributed by atoms with E-state index >= 15 is 0 Å². The number of nitrogens with one attached hydrogen (secondary N) is 1. The summed E-state index contributed by atoms with van der Waals surface area (Å²) in [5.41, 5.74) is 1.29. The highest BCUT2D eigenvalue weighted by Crippen LogP contribution is 2.47. The topological polar surface area (TPSA) is 51.0 Å². The fourth-order valence-electron chi connectivity index (χ4n) is 3.78. The molecule has 21 heavy (non-hydrogen) atoms. The van der Waals surface area contributed by atoms with Crippen LogP contribution in [0.1, 0.15) is 30.7 Å². The number of halogens is 1. The predicted molar refractivity (Wildman–Crippen MR) is 76.3 cm³/mol. The van der Waals surface area contributed by atoms with E-state index in [4.69, 9.17) is 4.52 Å². The summed E-state index contributed by atoms with van der Waals surface area (Å²) in [6.07, 6.45) is 3.52. The van der Waals surface area contributed by atoms with Crippen molar-refractivity contribution >= 4 is 0 Å². The zero-order chi connectivity index (χ0) is 14.4. The van der Waals surface area contributed by atoms with Gasteiger partial charge in [0.05, 0.1) is 5.41 Å². The van der Waals surface area contributed by atoms with Crippen molar-refractivity contribution < 1.29 is 8.91 Å². The number of rotatable bonds is 2. The van der Waals surface area contributed by atoms with Gasteiger partial charge < -0.3 is 9.84 Å². The van der Waals surface area contributed by atoms with Crippen molar-refractivity contribution in [1.82, 2.24) is 15.5 Å². The third kappa shape index (κ3) is 1.91. The molecule has 0 radical (unpaired) electrons. The smallest absolute Gasteiger partial charge is 0.234 e. The Morgan fingerprint density at radius 1 is 1.43 bits per heavy atom. The Balaban J connectivity index is 1.71. The maximum Gasteiger partial charge on any atom is 0.234 e. The zero-order valence-electron chi connectivity index (χ0n) is 12.0. The predicted octanol–water partition coefficient (Wildman–Crippen LogP) is 2.83. The van der Waals surface area contributed by atoms with Crippen molar-refractivity contribution in [3.05, 3.63) is 35.5 Å². The Kier molecular flexibility index (Phi) is 2.85. The molecule has 2 atom stereocenters. The van der Waals surface area contributed by atoms with E-state index in [1.807, 2.05) is 6.07 Å². The van der Waals surface area contributed by atoms with Crippen LogP contribution in [0.5, 0.6) is 0 Å². The van der Waals surface area contributed by atoms with Crippen molar-refractivity contribution in [2.75, 3.05) is 13.1 Å². The SMILES string of the molecule is Cc1ccc(-c2noc([C@@]34CCC[C@@H]3CNC4)n2)cc1F. The lowest BCUT2D eigenvalue weighted by Crippen LogP contribution is -2.31. The van der Waals surface area contributed by atoms with Gasteiger partial charge in [-0.1, -0.05) is 23.7 Å². The maximum atomic E-state index is 13.7. The van der Waals surface area contributed by atoms with Gasteiger partial charge in [-0.05, 0) is 43.9 Å². The normalized spacial score (nSPS) is 28.0. The molecule has 0 unspecified atom stereocenters. The number of benzene rings is 1. The Labute approximate surface area is 122 Å². The number of hydrogen-bond acceptors (Lipinski definition) is 4. The van der Waals surface area contributed by atoms with E-state index in [1.54, 1.807) is 13.0 Å². The molecule has 1 aliphatic heterocycles. The molecule has 2 heterocycles. The van der Waals surface area contributed by atoms with Crippen molar-refractivity contribution in [2.24, 2.45) is 5.92 Å². The maximum absolute atomic E-state index is 13.7. The third-order valence-corrected chi connectivity index (χ3v) is 5.07. The standard InChI is InChI=1S/C16H18FN3O/c1-10-4-5-11(7-13(10)17)14-19-15(21-20-14)16-6-2-3-12(16)8-18-9-16/h4-5,7,12,18H,2-3,6,8-9H2,1H3/t12-,16-/m1/s1. The van der Waals surface area contributed by atoms with E-state index in [9.17, 15) is 4.39 Å². The second-order valence-electron chi connectivity index (χ2n) is 6.26.